The number of hydrazone groups is 1. The number of hydrogen-bond acceptors (Lipinski definition) is 4. The summed E-state index contributed by atoms with van der Waals surface area (Å²) in [5, 5.41) is 3.97. The van der Waals surface area contributed by atoms with E-state index in [2.05, 4.69) is 17.5 Å². The summed E-state index contributed by atoms with van der Waals surface area (Å²) in [5.41, 5.74) is 4.67. The van der Waals surface area contributed by atoms with Crippen molar-refractivity contribution in [2.45, 2.75) is 19.4 Å². The van der Waals surface area contributed by atoms with Crippen molar-refractivity contribution >= 4 is 12.1 Å². The first-order valence-electron chi connectivity index (χ1n) is 7.56. The van der Waals surface area contributed by atoms with Crippen molar-refractivity contribution in [1.82, 2.24) is 5.43 Å². The van der Waals surface area contributed by atoms with E-state index in [1.165, 1.54) is 5.56 Å². The maximum absolute atomic E-state index is 12.1. The maximum atomic E-state index is 12.1. The smallest absolute Gasteiger partial charge is 0.284 e. The van der Waals surface area contributed by atoms with Gasteiger partial charge in [0.1, 0.15) is 6.61 Å². The van der Waals surface area contributed by atoms with Crippen LogP contribution in [0.2, 0.25) is 0 Å². The summed E-state index contributed by atoms with van der Waals surface area (Å²) in [7, 11) is 0. The van der Waals surface area contributed by atoms with E-state index >= 15 is 0 Å². The van der Waals surface area contributed by atoms with E-state index in [0.717, 1.165) is 12.0 Å². The number of amides is 1. The third kappa shape index (κ3) is 3.69. The fraction of sp³-hybridized carbons (Fsp3) is 0.222. The van der Waals surface area contributed by atoms with Crippen LogP contribution < -0.4 is 14.9 Å². The van der Waals surface area contributed by atoms with E-state index in [-0.39, 0.29) is 12.5 Å². The topological polar surface area (TPSA) is 59.9 Å². The van der Waals surface area contributed by atoms with Gasteiger partial charge in [0.25, 0.3) is 5.91 Å². The number of ether oxygens (including phenoxy) is 2. The number of aryl methyl sites for hydroxylation is 1. The highest BCUT2D eigenvalue weighted by molar-refractivity contribution is 5.84. The zero-order valence-corrected chi connectivity index (χ0v) is 12.9. The van der Waals surface area contributed by atoms with Gasteiger partial charge in [-0.3, -0.25) is 4.79 Å². The second-order valence-electron chi connectivity index (χ2n) is 5.19. The van der Waals surface area contributed by atoms with Crippen LogP contribution in [-0.4, -0.2) is 24.8 Å². The van der Waals surface area contributed by atoms with E-state index in [9.17, 15) is 4.79 Å². The van der Waals surface area contributed by atoms with Crippen LogP contribution >= 0.6 is 0 Å². The molecule has 0 aliphatic carbocycles. The first-order valence-corrected chi connectivity index (χ1v) is 7.56. The molecule has 1 atom stereocenters. The van der Waals surface area contributed by atoms with E-state index in [0.29, 0.717) is 11.5 Å². The number of hydrogen-bond donors (Lipinski definition) is 1. The minimum Gasteiger partial charge on any atom is -0.485 e. The van der Waals surface area contributed by atoms with Crippen molar-refractivity contribution in [2.75, 3.05) is 6.61 Å². The van der Waals surface area contributed by atoms with Gasteiger partial charge >= 0.3 is 0 Å². The molecule has 3 rings (SSSR count). The van der Waals surface area contributed by atoms with Crippen LogP contribution in [-0.2, 0) is 11.2 Å². The summed E-state index contributed by atoms with van der Waals surface area (Å²) in [6.45, 7) is 2.28. The Hall–Kier alpha value is -2.82. The molecule has 1 heterocycles. The molecule has 0 fully saturated rings. The van der Waals surface area contributed by atoms with Gasteiger partial charge in [0.15, 0.2) is 11.5 Å². The predicted octanol–water partition coefficient (Wildman–Crippen LogP) is 2.54. The summed E-state index contributed by atoms with van der Waals surface area (Å²) in [5.74, 6) is 0.884. The van der Waals surface area contributed by atoms with Gasteiger partial charge in [-0.25, -0.2) is 5.43 Å². The van der Waals surface area contributed by atoms with Crippen molar-refractivity contribution in [3.63, 3.8) is 0 Å². The maximum Gasteiger partial charge on any atom is 0.284 e. The molecule has 0 unspecified atom stereocenters. The van der Waals surface area contributed by atoms with Crippen molar-refractivity contribution in [1.29, 1.82) is 0 Å². The Morgan fingerprint density at radius 1 is 1.22 bits per heavy atom. The fourth-order valence-electron chi connectivity index (χ4n) is 2.23. The second kappa shape index (κ2) is 6.96. The van der Waals surface area contributed by atoms with Crippen LogP contribution in [0.15, 0.2) is 53.6 Å². The fourth-order valence-corrected chi connectivity index (χ4v) is 2.23. The molecule has 23 heavy (non-hydrogen) atoms. The van der Waals surface area contributed by atoms with Crippen molar-refractivity contribution in [3.05, 3.63) is 59.7 Å². The van der Waals surface area contributed by atoms with Gasteiger partial charge in [0.05, 0.1) is 6.21 Å². The minimum absolute atomic E-state index is 0.170. The van der Waals surface area contributed by atoms with Crippen LogP contribution in [0.4, 0.5) is 0 Å². The highest BCUT2D eigenvalue weighted by atomic mass is 16.6. The summed E-state index contributed by atoms with van der Waals surface area (Å²) in [6, 6.07) is 15.3. The summed E-state index contributed by atoms with van der Waals surface area (Å²) in [6.07, 6.45) is 1.90. The Bertz CT molecular complexity index is 710. The Balaban J connectivity index is 1.56. The SMILES string of the molecule is CCc1ccc(/C=N\NC(=O)[C@H]2COc3ccccc3O2)cc1. The number of carbonyl (C=O) groups excluding carboxylic acids is 1. The van der Waals surface area contributed by atoms with Gasteiger partial charge in [-0.15, -0.1) is 0 Å². The zero-order valence-electron chi connectivity index (χ0n) is 12.9. The normalized spacial score (nSPS) is 16.3. The molecule has 0 spiro atoms. The van der Waals surface area contributed by atoms with Crippen LogP contribution in [0, 0.1) is 0 Å². The van der Waals surface area contributed by atoms with Gasteiger partial charge in [-0.05, 0) is 29.7 Å². The largest absolute Gasteiger partial charge is 0.485 e. The first kappa shape index (κ1) is 15.1. The van der Waals surface area contributed by atoms with E-state index in [1.54, 1.807) is 12.3 Å². The molecule has 1 amide bonds. The van der Waals surface area contributed by atoms with Crippen molar-refractivity contribution in [3.8, 4) is 11.5 Å². The van der Waals surface area contributed by atoms with Crippen LogP contribution in [0.1, 0.15) is 18.1 Å². The van der Waals surface area contributed by atoms with Gasteiger partial charge in [0, 0.05) is 0 Å². The summed E-state index contributed by atoms with van der Waals surface area (Å²) >= 11 is 0. The number of nitrogens with zero attached hydrogens (tertiary/aromatic N) is 1. The molecule has 118 valence electrons. The van der Waals surface area contributed by atoms with Gasteiger partial charge < -0.3 is 9.47 Å². The molecular formula is C18H18N2O3. The lowest BCUT2D eigenvalue weighted by atomic mass is 10.1. The molecular weight excluding hydrogens is 292 g/mol. The first-order chi connectivity index (χ1) is 11.3. The van der Waals surface area contributed by atoms with Crippen molar-refractivity contribution < 1.29 is 14.3 Å². The number of benzene rings is 2. The van der Waals surface area contributed by atoms with Gasteiger partial charge in [-0.1, -0.05) is 43.3 Å². The van der Waals surface area contributed by atoms with E-state index in [1.807, 2.05) is 42.5 Å². The van der Waals surface area contributed by atoms with Crippen LogP contribution in [0.3, 0.4) is 0 Å². The quantitative estimate of drug-likeness (QED) is 0.697. The van der Waals surface area contributed by atoms with E-state index < -0.39 is 6.10 Å². The molecule has 2 aromatic carbocycles. The number of nitrogens with one attached hydrogen (secondary N) is 1. The average Bonchev–Trinajstić information content (AvgIpc) is 2.61. The van der Waals surface area contributed by atoms with Crippen molar-refractivity contribution in [2.24, 2.45) is 5.10 Å². The molecule has 1 aliphatic rings. The monoisotopic (exact) mass is 310 g/mol. The number of carbonyl (C=O) groups is 1. The molecule has 5 nitrogen and oxygen atoms in total. The lowest BCUT2D eigenvalue weighted by Gasteiger charge is -2.24. The highest BCUT2D eigenvalue weighted by Gasteiger charge is 2.26. The Kier molecular flexibility index (Phi) is 4.57. The number of para-hydroxylation sites is 2. The standard InChI is InChI=1S/C18H18N2O3/c1-2-13-7-9-14(10-8-13)11-19-20-18(21)17-12-22-15-5-3-4-6-16(15)23-17/h3-11,17H,2,12H2,1H3,(H,20,21)/b19-11-/t17-/m1/s1. The predicted molar refractivity (Wildman–Crippen MR) is 87.9 cm³/mol. The lowest BCUT2D eigenvalue weighted by Crippen LogP contribution is -2.42. The molecule has 1 N–H and O–H groups in total. The highest BCUT2D eigenvalue weighted by Crippen LogP contribution is 2.30. The Morgan fingerprint density at radius 3 is 2.70 bits per heavy atom. The second-order valence-corrected chi connectivity index (χ2v) is 5.19. The molecule has 1 aliphatic heterocycles. The molecule has 0 saturated heterocycles. The third-order valence-electron chi connectivity index (χ3n) is 3.58. The van der Waals surface area contributed by atoms with Gasteiger partial charge in [-0.2, -0.15) is 5.10 Å². The molecule has 0 radical (unpaired) electrons. The Morgan fingerprint density at radius 2 is 1.96 bits per heavy atom. The van der Waals surface area contributed by atoms with Crippen LogP contribution in [0.5, 0.6) is 11.5 Å². The zero-order chi connectivity index (χ0) is 16.1. The molecule has 2 aromatic rings. The molecule has 0 saturated carbocycles. The average molecular weight is 310 g/mol. The number of fused-ring (bicyclic) bond motifs is 1. The van der Waals surface area contributed by atoms with Crippen LogP contribution in [0.25, 0.3) is 0 Å². The van der Waals surface area contributed by atoms with E-state index in [4.69, 9.17) is 9.47 Å². The minimum atomic E-state index is -0.704. The summed E-state index contributed by atoms with van der Waals surface area (Å²) < 4.78 is 11.1. The number of rotatable bonds is 4. The molecule has 5 heteroatoms. The molecule has 0 aromatic heterocycles. The summed E-state index contributed by atoms with van der Waals surface area (Å²) in [4.78, 5) is 12.1. The Labute approximate surface area is 134 Å². The molecule has 0 bridgehead atoms. The lowest BCUT2D eigenvalue weighted by molar-refractivity contribution is -0.130. The van der Waals surface area contributed by atoms with Gasteiger partial charge in [0.2, 0.25) is 6.10 Å². The third-order valence-corrected chi connectivity index (χ3v) is 3.58.